The molecule has 2 atom stereocenters. The summed E-state index contributed by atoms with van der Waals surface area (Å²) in [6, 6.07) is 5.29. The fourth-order valence-electron chi connectivity index (χ4n) is 5.19. The number of aromatic nitrogens is 2. The van der Waals surface area contributed by atoms with E-state index in [1.165, 1.54) is 12.4 Å². The average Bonchev–Trinajstić information content (AvgIpc) is 2.73. The number of hydrogen-bond acceptors (Lipinski definition) is 6. The summed E-state index contributed by atoms with van der Waals surface area (Å²) in [5.74, 6) is -4.62. The van der Waals surface area contributed by atoms with Crippen molar-refractivity contribution in [2.75, 3.05) is 38.1 Å². The van der Waals surface area contributed by atoms with Crippen LogP contribution in [0.5, 0.6) is 0 Å². The monoisotopic (exact) mass is 428 g/mol. The van der Waals surface area contributed by atoms with Gasteiger partial charge in [0.15, 0.2) is 0 Å². The second kappa shape index (κ2) is 8.35. The van der Waals surface area contributed by atoms with Crippen molar-refractivity contribution in [3.8, 4) is 6.07 Å². The van der Waals surface area contributed by atoms with E-state index in [1.807, 2.05) is 7.05 Å². The molecule has 0 saturated carbocycles. The minimum absolute atomic E-state index is 0.00644. The fourth-order valence-corrected chi connectivity index (χ4v) is 5.19. The standard InChI is InChI=1S/C22H26F2N6O/c1-29-8-4-14(5-9-29)18(21(26)31)16-10-22(23,24)13-30(12-16)17-3-2-15(11-25)19-20(17)28-7-6-27-19/h2-3,6-7,14,16,18H,4-5,8-10,12-13H2,1H3,(H2,26,31)/t16-,18?/m0/s1. The normalized spacial score (nSPS) is 23.4. The highest BCUT2D eigenvalue weighted by molar-refractivity contribution is 5.92. The Morgan fingerprint density at radius 2 is 1.90 bits per heavy atom. The minimum Gasteiger partial charge on any atom is -0.369 e. The minimum atomic E-state index is -2.97. The third-order valence-electron chi connectivity index (χ3n) is 6.61. The molecule has 1 aromatic carbocycles. The summed E-state index contributed by atoms with van der Waals surface area (Å²) in [7, 11) is 2.02. The van der Waals surface area contributed by atoms with Gasteiger partial charge in [-0.1, -0.05) is 0 Å². The van der Waals surface area contributed by atoms with Gasteiger partial charge in [0.2, 0.25) is 5.91 Å². The maximum absolute atomic E-state index is 14.9. The number of anilines is 1. The smallest absolute Gasteiger partial charge is 0.265 e. The summed E-state index contributed by atoms with van der Waals surface area (Å²) >= 11 is 0. The van der Waals surface area contributed by atoms with E-state index in [2.05, 4.69) is 20.9 Å². The number of carbonyl (C=O) groups excluding carboxylic acids is 1. The Morgan fingerprint density at radius 3 is 2.55 bits per heavy atom. The highest BCUT2D eigenvalue weighted by atomic mass is 19.3. The zero-order valence-corrected chi connectivity index (χ0v) is 17.5. The van der Waals surface area contributed by atoms with Crippen LogP contribution in [0, 0.1) is 29.1 Å². The molecule has 0 aliphatic carbocycles. The molecular formula is C22H26F2N6O. The van der Waals surface area contributed by atoms with Crippen LogP contribution < -0.4 is 10.6 Å². The first-order valence-corrected chi connectivity index (χ1v) is 10.5. The van der Waals surface area contributed by atoms with Crippen LogP contribution in [0.15, 0.2) is 24.5 Å². The molecule has 4 rings (SSSR count). The number of amides is 1. The summed E-state index contributed by atoms with van der Waals surface area (Å²) in [6.45, 7) is 1.47. The molecule has 1 aromatic heterocycles. The number of alkyl halides is 2. The molecule has 1 unspecified atom stereocenters. The predicted octanol–water partition coefficient (Wildman–Crippen LogP) is 2.41. The maximum atomic E-state index is 14.9. The molecule has 164 valence electrons. The number of piperidine rings is 2. The van der Waals surface area contributed by atoms with E-state index in [1.54, 1.807) is 17.0 Å². The van der Waals surface area contributed by atoms with Crippen LogP contribution in [0.4, 0.5) is 14.5 Å². The molecule has 0 radical (unpaired) electrons. The zero-order valence-electron chi connectivity index (χ0n) is 17.5. The Hall–Kier alpha value is -2.86. The van der Waals surface area contributed by atoms with Crippen molar-refractivity contribution in [1.82, 2.24) is 14.9 Å². The van der Waals surface area contributed by atoms with Crippen molar-refractivity contribution in [3.63, 3.8) is 0 Å². The summed E-state index contributed by atoms with van der Waals surface area (Å²) in [5.41, 5.74) is 7.39. The number of fused-ring (bicyclic) bond motifs is 1. The first kappa shape index (κ1) is 21.4. The Morgan fingerprint density at radius 1 is 1.23 bits per heavy atom. The molecule has 2 aliphatic heterocycles. The van der Waals surface area contributed by atoms with Crippen LogP contribution in [0.2, 0.25) is 0 Å². The van der Waals surface area contributed by atoms with Gasteiger partial charge in [-0.15, -0.1) is 0 Å². The molecule has 31 heavy (non-hydrogen) atoms. The molecule has 7 nitrogen and oxygen atoms in total. The Balaban J connectivity index is 1.69. The quantitative estimate of drug-likeness (QED) is 0.803. The number of carbonyl (C=O) groups is 1. The van der Waals surface area contributed by atoms with Crippen molar-refractivity contribution in [3.05, 3.63) is 30.1 Å². The SMILES string of the molecule is CN1CCC(C(C(N)=O)[C@@H]2CN(c3ccc(C#N)c4nccnc34)CC(F)(F)C2)CC1. The maximum Gasteiger partial charge on any atom is 0.265 e. The number of primary amides is 1. The molecule has 0 bridgehead atoms. The Bertz CT molecular complexity index is 1010. The summed E-state index contributed by atoms with van der Waals surface area (Å²) in [5, 5.41) is 9.35. The van der Waals surface area contributed by atoms with Crippen LogP contribution in [0.25, 0.3) is 11.0 Å². The van der Waals surface area contributed by atoms with Gasteiger partial charge >= 0.3 is 0 Å². The number of halogens is 2. The van der Waals surface area contributed by atoms with Gasteiger partial charge in [0, 0.05) is 31.3 Å². The topological polar surface area (TPSA) is 99.1 Å². The molecule has 3 heterocycles. The van der Waals surface area contributed by atoms with E-state index in [0.717, 1.165) is 25.9 Å². The van der Waals surface area contributed by atoms with Gasteiger partial charge in [-0.25, -0.2) is 8.78 Å². The molecule has 9 heteroatoms. The van der Waals surface area contributed by atoms with E-state index in [9.17, 15) is 18.8 Å². The summed E-state index contributed by atoms with van der Waals surface area (Å²) < 4.78 is 29.8. The number of benzene rings is 1. The first-order chi connectivity index (χ1) is 14.8. The van der Waals surface area contributed by atoms with E-state index < -0.39 is 30.2 Å². The highest BCUT2D eigenvalue weighted by Gasteiger charge is 2.47. The molecule has 2 fully saturated rings. The fraction of sp³-hybridized carbons (Fsp3) is 0.545. The van der Waals surface area contributed by atoms with E-state index in [-0.39, 0.29) is 18.9 Å². The van der Waals surface area contributed by atoms with Crippen LogP contribution in [-0.2, 0) is 4.79 Å². The van der Waals surface area contributed by atoms with Crippen LogP contribution in [0.1, 0.15) is 24.8 Å². The lowest BCUT2D eigenvalue weighted by Gasteiger charge is -2.44. The van der Waals surface area contributed by atoms with E-state index in [4.69, 9.17) is 5.73 Å². The van der Waals surface area contributed by atoms with Crippen LogP contribution in [0.3, 0.4) is 0 Å². The molecule has 0 spiro atoms. The van der Waals surface area contributed by atoms with Gasteiger partial charge in [-0.05, 0) is 56.9 Å². The van der Waals surface area contributed by atoms with Gasteiger partial charge in [0.25, 0.3) is 5.92 Å². The third-order valence-corrected chi connectivity index (χ3v) is 6.61. The lowest BCUT2D eigenvalue weighted by Crippen LogP contribution is -2.53. The van der Waals surface area contributed by atoms with Crippen LogP contribution in [-0.4, -0.2) is 59.9 Å². The van der Waals surface area contributed by atoms with Gasteiger partial charge in [-0.3, -0.25) is 14.8 Å². The molecule has 2 aromatic rings. The second-order valence-electron chi connectivity index (χ2n) is 8.77. The number of nitrogens with two attached hydrogens (primary N) is 1. The Labute approximate surface area is 179 Å². The largest absolute Gasteiger partial charge is 0.369 e. The zero-order chi connectivity index (χ0) is 22.2. The van der Waals surface area contributed by atoms with E-state index in [0.29, 0.717) is 22.3 Å². The van der Waals surface area contributed by atoms with Crippen molar-refractivity contribution in [2.24, 2.45) is 23.5 Å². The predicted molar refractivity (Wildman–Crippen MR) is 112 cm³/mol. The van der Waals surface area contributed by atoms with Crippen molar-refractivity contribution < 1.29 is 13.6 Å². The highest BCUT2D eigenvalue weighted by Crippen LogP contribution is 2.41. The first-order valence-electron chi connectivity index (χ1n) is 10.5. The number of rotatable bonds is 4. The number of likely N-dealkylation sites (tertiary alicyclic amines) is 1. The summed E-state index contributed by atoms with van der Waals surface area (Å²) in [6.07, 6.45) is 4.15. The second-order valence-corrected chi connectivity index (χ2v) is 8.77. The van der Waals surface area contributed by atoms with Gasteiger partial charge in [0.1, 0.15) is 17.1 Å². The van der Waals surface area contributed by atoms with Crippen molar-refractivity contribution >= 4 is 22.6 Å². The molecule has 1 amide bonds. The number of nitriles is 1. The van der Waals surface area contributed by atoms with Gasteiger partial charge < -0.3 is 15.5 Å². The van der Waals surface area contributed by atoms with Crippen LogP contribution >= 0.6 is 0 Å². The third kappa shape index (κ3) is 4.30. The summed E-state index contributed by atoms with van der Waals surface area (Å²) in [4.78, 5) is 24.7. The molecule has 2 N–H and O–H groups in total. The van der Waals surface area contributed by atoms with Gasteiger partial charge in [-0.2, -0.15) is 5.26 Å². The number of nitrogens with zero attached hydrogens (tertiary/aromatic N) is 5. The van der Waals surface area contributed by atoms with Crippen molar-refractivity contribution in [2.45, 2.75) is 25.2 Å². The van der Waals surface area contributed by atoms with Crippen molar-refractivity contribution in [1.29, 1.82) is 5.26 Å². The lowest BCUT2D eigenvalue weighted by atomic mass is 9.72. The average molecular weight is 428 g/mol. The lowest BCUT2D eigenvalue weighted by molar-refractivity contribution is -0.128. The van der Waals surface area contributed by atoms with E-state index >= 15 is 0 Å². The molecule has 2 saturated heterocycles. The van der Waals surface area contributed by atoms with Gasteiger partial charge in [0.05, 0.1) is 17.8 Å². The Kier molecular flexibility index (Phi) is 5.75. The number of hydrogen-bond donors (Lipinski definition) is 1. The molecule has 2 aliphatic rings. The molecular weight excluding hydrogens is 402 g/mol.